The second-order valence-electron chi connectivity index (χ2n) is 7.31. The van der Waals surface area contributed by atoms with Crippen molar-refractivity contribution in [3.05, 3.63) is 82.4 Å². The number of nitrogens with one attached hydrogen (secondary N) is 1. The van der Waals surface area contributed by atoms with E-state index in [1.807, 2.05) is 0 Å². The Morgan fingerprint density at radius 3 is 2.58 bits per heavy atom. The number of nitrogens with two attached hydrogens (primary N) is 1. The van der Waals surface area contributed by atoms with Crippen molar-refractivity contribution in [2.75, 3.05) is 5.32 Å². The molecule has 8 nitrogen and oxygen atoms in total. The first kappa shape index (κ1) is 22.4. The number of hydrogen-bond acceptors (Lipinski definition) is 5. The monoisotopic (exact) mass is 472 g/mol. The zero-order valence-electron chi connectivity index (χ0n) is 17.4. The van der Waals surface area contributed by atoms with Gasteiger partial charge in [0.05, 0.1) is 17.8 Å². The van der Waals surface area contributed by atoms with Gasteiger partial charge in [-0.05, 0) is 35.4 Å². The quantitative estimate of drug-likeness (QED) is 0.380. The number of anilines is 2. The number of rotatable bonds is 7. The molecule has 0 saturated heterocycles. The molecule has 0 unspecified atom stereocenters. The molecule has 3 aromatic heterocycles. The van der Waals surface area contributed by atoms with Crippen molar-refractivity contribution in [2.24, 2.45) is 12.8 Å². The Labute approximate surface area is 192 Å². The number of primary amides is 1. The lowest BCUT2D eigenvalue weighted by Gasteiger charge is -2.11. The number of aromatic nitrogens is 4. The van der Waals surface area contributed by atoms with Crippen molar-refractivity contribution in [1.82, 2.24) is 19.3 Å². The number of carbonyl (C=O) groups excluding carboxylic acids is 1. The largest absolute Gasteiger partial charge is 0.392 e. The van der Waals surface area contributed by atoms with Gasteiger partial charge in [-0.3, -0.25) is 9.48 Å². The number of aryl methyl sites for hydroxylation is 1. The number of halogens is 3. The van der Waals surface area contributed by atoms with Crippen LogP contribution in [0.2, 0.25) is 5.02 Å². The average Bonchev–Trinajstić information content (AvgIpc) is 3.38. The molecule has 170 valence electrons. The molecule has 0 spiro atoms. The predicted octanol–water partition coefficient (Wildman–Crippen LogP) is 3.60. The van der Waals surface area contributed by atoms with Gasteiger partial charge in [0.25, 0.3) is 5.91 Å². The highest BCUT2D eigenvalue weighted by Gasteiger charge is 2.17. The average molecular weight is 473 g/mol. The third-order valence-corrected chi connectivity index (χ3v) is 5.45. The highest BCUT2D eigenvalue weighted by molar-refractivity contribution is 6.33. The first-order chi connectivity index (χ1) is 15.8. The molecule has 0 aliphatic heterocycles. The first-order valence-electron chi connectivity index (χ1n) is 9.75. The fourth-order valence-electron chi connectivity index (χ4n) is 3.46. The Morgan fingerprint density at radius 2 is 1.94 bits per heavy atom. The Morgan fingerprint density at radius 1 is 1.21 bits per heavy atom. The SMILES string of the molecule is Cn1nccc1Nc1cc(-c2cc(C(N)=O)n(Cc3cc(F)c(F)cc3CO)c2)c(Cl)cn1. The van der Waals surface area contributed by atoms with Crippen LogP contribution in [0.1, 0.15) is 21.6 Å². The number of nitrogens with zero attached hydrogens (tertiary/aromatic N) is 4. The van der Waals surface area contributed by atoms with Crippen molar-refractivity contribution >= 4 is 29.1 Å². The minimum absolute atomic E-state index is 0.0196. The lowest BCUT2D eigenvalue weighted by molar-refractivity contribution is 0.0992. The van der Waals surface area contributed by atoms with E-state index in [4.69, 9.17) is 17.3 Å². The number of amides is 1. The van der Waals surface area contributed by atoms with Gasteiger partial charge < -0.3 is 20.7 Å². The summed E-state index contributed by atoms with van der Waals surface area (Å²) < 4.78 is 30.5. The fraction of sp³-hybridized carbons (Fsp3) is 0.136. The van der Waals surface area contributed by atoms with Crippen LogP contribution in [0.4, 0.5) is 20.4 Å². The van der Waals surface area contributed by atoms with Crippen molar-refractivity contribution in [3.8, 4) is 11.1 Å². The van der Waals surface area contributed by atoms with E-state index in [2.05, 4.69) is 15.4 Å². The van der Waals surface area contributed by atoms with E-state index in [-0.39, 0.29) is 17.8 Å². The van der Waals surface area contributed by atoms with Crippen molar-refractivity contribution in [2.45, 2.75) is 13.2 Å². The highest BCUT2D eigenvalue weighted by atomic mass is 35.5. The molecule has 0 aliphatic carbocycles. The number of aliphatic hydroxyl groups excluding tert-OH is 1. The lowest BCUT2D eigenvalue weighted by Crippen LogP contribution is -2.17. The predicted molar refractivity (Wildman–Crippen MR) is 119 cm³/mol. The lowest BCUT2D eigenvalue weighted by atomic mass is 10.1. The standard InChI is InChI=1S/C22H19ClF2N6O2/c1-30-21(2-3-28-30)29-20-7-15(16(23)8-27-20)13-6-19(22(26)33)31(10-13)9-12-4-17(24)18(25)5-14(12)11-32/h2-8,10,32H,9,11H2,1H3,(H2,26,33)(H,27,29). The van der Waals surface area contributed by atoms with Gasteiger partial charge >= 0.3 is 0 Å². The molecule has 0 bridgehead atoms. The summed E-state index contributed by atoms with van der Waals surface area (Å²) >= 11 is 6.37. The van der Waals surface area contributed by atoms with Crippen LogP contribution in [-0.4, -0.2) is 30.3 Å². The number of benzene rings is 1. The first-order valence-corrected chi connectivity index (χ1v) is 10.1. The van der Waals surface area contributed by atoms with Crippen LogP contribution >= 0.6 is 11.6 Å². The van der Waals surface area contributed by atoms with Crippen LogP contribution in [0.3, 0.4) is 0 Å². The minimum atomic E-state index is -1.07. The highest BCUT2D eigenvalue weighted by Crippen LogP contribution is 2.32. The maximum Gasteiger partial charge on any atom is 0.265 e. The maximum atomic E-state index is 13.8. The second-order valence-corrected chi connectivity index (χ2v) is 7.72. The van der Waals surface area contributed by atoms with Gasteiger partial charge in [-0.15, -0.1) is 0 Å². The van der Waals surface area contributed by atoms with Crippen molar-refractivity contribution in [1.29, 1.82) is 0 Å². The Bertz CT molecular complexity index is 1350. The van der Waals surface area contributed by atoms with Gasteiger partial charge in [0.1, 0.15) is 17.3 Å². The number of aliphatic hydroxyl groups is 1. The molecule has 0 fully saturated rings. The van der Waals surface area contributed by atoms with Crippen molar-refractivity contribution < 1.29 is 18.7 Å². The van der Waals surface area contributed by atoms with Gasteiger partial charge in [0.2, 0.25) is 0 Å². The molecule has 0 radical (unpaired) electrons. The molecule has 4 aromatic rings. The van der Waals surface area contributed by atoms with Gasteiger partial charge in [-0.1, -0.05) is 11.6 Å². The maximum absolute atomic E-state index is 13.8. The fourth-order valence-corrected chi connectivity index (χ4v) is 3.67. The van der Waals surface area contributed by atoms with Crippen LogP contribution in [0.15, 0.2) is 48.9 Å². The topological polar surface area (TPSA) is 111 Å². The number of carbonyl (C=O) groups is 1. The summed E-state index contributed by atoms with van der Waals surface area (Å²) in [6.07, 6.45) is 4.73. The van der Waals surface area contributed by atoms with Gasteiger partial charge in [0.15, 0.2) is 11.6 Å². The van der Waals surface area contributed by atoms with Crippen LogP contribution in [0.25, 0.3) is 11.1 Å². The molecule has 4 rings (SSSR count). The molecule has 1 aromatic carbocycles. The summed E-state index contributed by atoms with van der Waals surface area (Å²) in [5.74, 6) is -1.63. The number of pyridine rings is 1. The van der Waals surface area contributed by atoms with E-state index < -0.39 is 24.1 Å². The summed E-state index contributed by atoms with van der Waals surface area (Å²) in [6, 6.07) is 6.94. The van der Waals surface area contributed by atoms with E-state index in [0.29, 0.717) is 33.3 Å². The minimum Gasteiger partial charge on any atom is -0.392 e. The van der Waals surface area contributed by atoms with Gasteiger partial charge in [0, 0.05) is 43.2 Å². The smallest absolute Gasteiger partial charge is 0.265 e. The van der Waals surface area contributed by atoms with E-state index in [1.165, 1.54) is 10.8 Å². The molecule has 0 aliphatic rings. The zero-order chi connectivity index (χ0) is 23.7. The van der Waals surface area contributed by atoms with E-state index >= 15 is 0 Å². The Balaban J connectivity index is 1.73. The normalized spacial score (nSPS) is 11.1. The molecule has 0 saturated carbocycles. The second kappa shape index (κ2) is 9.00. The Hall–Kier alpha value is -3.76. The van der Waals surface area contributed by atoms with E-state index in [9.17, 15) is 18.7 Å². The summed E-state index contributed by atoms with van der Waals surface area (Å²) in [5, 5.41) is 17.1. The third-order valence-electron chi connectivity index (χ3n) is 5.15. The van der Waals surface area contributed by atoms with Gasteiger partial charge in [-0.25, -0.2) is 13.8 Å². The molecule has 11 heteroatoms. The molecular formula is C22H19ClF2N6O2. The Kier molecular flexibility index (Phi) is 6.12. The number of hydrogen-bond donors (Lipinski definition) is 3. The summed E-state index contributed by atoms with van der Waals surface area (Å²) in [5.41, 5.74) is 7.33. The summed E-state index contributed by atoms with van der Waals surface area (Å²) in [4.78, 5) is 16.3. The van der Waals surface area contributed by atoms with Crippen LogP contribution < -0.4 is 11.1 Å². The molecule has 3 heterocycles. The van der Waals surface area contributed by atoms with Gasteiger partial charge in [-0.2, -0.15) is 5.10 Å². The summed E-state index contributed by atoms with van der Waals surface area (Å²) in [7, 11) is 1.78. The van der Waals surface area contributed by atoms with E-state index in [0.717, 1.165) is 12.1 Å². The van der Waals surface area contributed by atoms with Crippen LogP contribution in [0.5, 0.6) is 0 Å². The third kappa shape index (κ3) is 4.57. The van der Waals surface area contributed by atoms with Crippen LogP contribution in [0, 0.1) is 11.6 Å². The van der Waals surface area contributed by atoms with Crippen LogP contribution in [-0.2, 0) is 20.2 Å². The molecule has 4 N–H and O–H groups in total. The van der Waals surface area contributed by atoms with Crippen molar-refractivity contribution in [3.63, 3.8) is 0 Å². The molecule has 1 amide bonds. The zero-order valence-corrected chi connectivity index (χ0v) is 18.1. The summed E-state index contributed by atoms with van der Waals surface area (Å²) in [6.45, 7) is -0.514. The van der Waals surface area contributed by atoms with E-state index in [1.54, 1.807) is 42.3 Å². The molecule has 0 atom stereocenters. The molecular weight excluding hydrogens is 454 g/mol. The molecule has 33 heavy (non-hydrogen) atoms.